The van der Waals surface area contributed by atoms with Crippen LogP contribution < -0.4 is 0 Å². The van der Waals surface area contributed by atoms with Crippen LogP contribution in [0.3, 0.4) is 0 Å². The highest BCUT2D eigenvalue weighted by molar-refractivity contribution is 5.32. The van der Waals surface area contributed by atoms with E-state index in [1.54, 1.807) is 0 Å². The van der Waals surface area contributed by atoms with Crippen molar-refractivity contribution in [2.75, 3.05) is 0 Å². The van der Waals surface area contributed by atoms with Gasteiger partial charge in [0.25, 0.3) is 0 Å². The molecule has 1 N–H and O–H groups in total. The number of aromatic amines is 1. The monoisotopic (exact) mass is 135 g/mol. The Bertz CT molecular complexity index is 293. The van der Waals surface area contributed by atoms with Gasteiger partial charge in [0.1, 0.15) is 0 Å². The quantitative estimate of drug-likeness (QED) is 0.580. The van der Waals surface area contributed by atoms with Crippen LogP contribution in [0.1, 0.15) is 11.4 Å². The zero-order chi connectivity index (χ0) is 7.14. The maximum Gasteiger partial charge on any atom is 0.211 e. The summed E-state index contributed by atoms with van der Waals surface area (Å²) in [4.78, 5) is 7.37. The lowest BCUT2D eigenvalue weighted by atomic mass is 10.5. The number of hydrogen-bond acceptors (Lipinski definition) is 1. The molecule has 3 heteroatoms. The average Bonchev–Trinajstić information content (AvgIpc) is 2.21. The minimum absolute atomic E-state index is 0.926. The first-order chi connectivity index (χ1) is 4.75. The molecule has 0 saturated heterocycles. The molecule has 0 aliphatic heterocycles. The molecule has 0 amide bonds. The Kier molecular flexibility index (Phi) is 0.897. The zero-order valence-electron chi connectivity index (χ0n) is 6.05. The van der Waals surface area contributed by atoms with Crippen molar-refractivity contribution < 1.29 is 0 Å². The third kappa shape index (κ3) is 0.635. The molecule has 52 valence electrons. The SMILES string of the molecule is Cc1cn2cc(C)[nH]c2n1. The highest BCUT2D eigenvalue weighted by Crippen LogP contribution is 2.03. The van der Waals surface area contributed by atoms with Gasteiger partial charge in [-0.2, -0.15) is 0 Å². The summed E-state index contributed by atoms with van der Waals surface area (Å²) < 4.78 is 1.99. The van der Waals surface area contributed by atoms with E-state index in [1.165, 1.54) is 0 Å². The lowest BCUT2D eigenvalue weighted by Gasteiger charge is -1.75. The molecule has 0 atom stereocenters. The van der Waals surface area contributed by atoms with Crippen LogP contribution in [-0.2, 0) is 0 Å². The van der Waals surface area contributed by atoms with Gasteiger partial charge in [0.05, 0.1) is 5.69 Å². The molecule has 0 saturated carbocycles. The van der Waals surface area contributed by atoms with E-state index in [0.29, 0.717) is 0 Å². The summed E-state index contributed by atoms with van der Waals surface area (Å²) in [5, 5.41) is 0. The van der Waals surface area contributed by atoms with E-state index >= 15 is 0 Å². The Morgan fingerprint density at radius 3 is 2.90 bits per heavy atom. The number of hydrogen-bond donors (Lipinski definition) is 1. The molecular weight excluding hydrogens is 126 g/mol. The summed E-state index contributed by atoms with van der Waals surface area (Å²) in [6, 6.07) is 0. The smallest absolute Gasteiger partial charge is 0.211 e. The normalized spacial score (nSPS) is 11.0. The molecule has 0 fully saturated rings. The third-order valence-corrected chi connectivity index (χ3v) is 1.49. The second kappa shape index (κ2) is 1.62. The van der Waals surface area contributed by atoms with Crippen LogP contribution in [0.4, 0.5) is 0 Å². The van der Waals surface area contributed by atoms with E-state index in [2.05, 4.69) is 9.97 Å². The van der Waals surface area contributed by atoms with Gasteiger partial charge in [-0.05, 0) is 13.8 Å². The van der Waals surface area contributed by atoms with Crippen LogP contribution >= 0.6 is 0 Å². The number of nitrogens with zero attached hydrogens (tertiary/aromatic N) is 2. The van der Waals surface area contributed by atoms with Crippen molar-refractivity contribution in [2.24, 2.45) is 0 Å². The fourth-order valence-corrected chi connectivity index (χ4v) is 1.12. The summed E-state index contributed by atoms with van der Waals surface area (Å²) in [7, 11) is 0. The molecule has 3 nitrogen and oxygen atoms in total. The van der Waals surface area contributed by atoms with Gasteiger partial charge in [0, 0.05) is 18.1 Å². The first-order valence-corrected chi connectivity index (χ1v) is 3.26. The van der Waals surface area contributed by atoms with Crippen LogP contribution in [0.2, 0.25) is 0 Å². The zero-order valence-corrected chi connectivity index (χ0v) is 6.05. The van der Waals surface area contributed by atoms with Gasteiger partial charge in [-0.1, -0.05) is 0 Å². The summed E-state index contributed by atoms with van der Waals surface area (Å²) in [5.41, 5.74) is 2.19. The summed E-state index contributed by atoms with van der Waals surface area (Å²) in [6.07, 6.45) is 4.02. The van der Waals surface area contributed by atoms with Crippen molar-refractivity contribution in [1.29, 1.82) is 0 Å². The van der Waals surface area contributed by atoms with Crippen molar-refractivity contribution in [3.8, 4) is 0 Å². The Balaban J connectivity index is 2.83. The molecule has 2 aromatic heterocycles. The first kappa shape index (κ1) is 5.53. The number of rotatable bonds is 0. The Labute approximate surface area is 58.7 Å². The first-order valence-electron chi connectivity index (χ1n) is 3.26. The topological polar surface area (TPSA) is 33.1 Å². The average molecular weight is 135 g/mol. The number of aromatic nitrogens is 3. The molecule has 0 aliphatic rings. The van der Waals surface area contributed by atoms with Gasteiger partial charge in [0.15, 0.2) is 0 Å². The summed E-state index contributed by atoms with van der Waals surface area (Å²) >= 11 is 0. The lowest BCUT2D eigenvalue weighted by molar-refractivity contribution is 1.21. The van der Waals surface area contributed by atoms with Crippen LogP contribution in [-0.4, -0.2) is 14.4 Å². The molecule has 0 spiro atoms. The van der Waals surface area contributed by atoms with Crippen LogP contribution in [0.5, 0.6) is 0 Å². The van der Waals surface area contributed by atoms with E-state index in [-0.39, 0.29) is 0 Å². The van der Waals surface area contributed by atoms with Crippen molar-refractivity contribution >= 4 is 5.78 Å². The molecule has 2 rings (SSSR count). The number of H-pyrrole nitrogens is 1. The van der Waals surface area contributed by atoms with Gasteiger partial charge in [-0.3, -0.25) is 4.40 Å². The van der Waals surface area contributed by atoms with Crippen LogP contribution in [0.15, 0.2) is 12.4 Å². The predicted molar refractivity (Wildman–Crippen MR) is 39.0 cm³/mol. The highest BCUT2D eigenvalue weighted by Gasteiger charge is 1.97. The predicted octanol–water partition coefficient (Wildman–Crippen LogP) is 1.28. The Hall–Kier alpha value is -1.25. The fourth-order valence-electron chi connectivity index (χ4n) is 1.12. The van der Waals surface area contributed by atoms with E-state index in [4.69, 9.17) is 0 Å². The molecular formula is C7H9N3. The molecule has 0 bridgehead atoms. The van der Waals surface area contributed by atoms with Crippen molar-refractivity contribution in [2.45, 2.75) is 13.8 Å². The molecule has 0 unspecified atom stereocenters. The largest absolute Gasteiger partial charge is 0.328 e. The van der Waals surface area contributed by atoms with Crippen molar-refractivity contribution in [1.82, 2.24) is 14.4 Å². The Morgan fingerprint density at radius 2 is 2.20 bits per heavy atom. The van der Waals surface area contributed by atoms with Crippen LogP contribution in [0, 0.1) is 13.8 Å². The summed E-state index contributed by atoms with van der Waals surface area (Å²) in [6.45, 7) is 4.00. The molecule has 2 heterocycles. The summed E-state index contributed by atoms with van der Waals surface area (Å²) in [5.74, 6) is 0.926. The maximum atomic E-state index is 4.24. The second-order valence-corrected chi connectivity index (χ2v) is 2.55. The van der Waals surface area contributed by atoms with E-state index in [1.807, 2.05) is 30.6 Å². The number of imidazole rings is 2. The van der Waals surface area contributed by atoms with Gasteiger partial charge in [-0.15, -0.1) is 0 Å². The third-order valence-electron chi connectivity index (χ3n) is 1.49. The lowest BCUT2D eigenvalue weighted by Crippen LogP contribution is -1.71. The molecule has 2 aromatic rings. The van der Waals surface area contributed by atoms with Gasteiger partial charge in [-0.25, -0.2) is 4.98 Å². The van der Waals surface area contributed by atoms with Gasteiger partial charge < -0.3 is 4.98 Å². The highest BCUT2D eigenvalue weighted by atomic mass is 15.1. The van der Waals surface area contributed by atoms with E-state index in [9.17, 15) is 0 Å². The Morgan fingerprint density at radius 1 is 1.40 bits per heavy atom. The number of nitrogens with one attached hydrogen (secondary N) is 1. The minimum atomic E-state index is 0.926. The molecule has 10 heavy (non-hydrogen) atoms. The van der Waals surface area contributed by atoms with Gasteiger partial charge >= 0.3 is 0 Å². The van der Waals surface area contributed by atoms with Crippen LogP contribution in [0.25, 0.3) is 5.78 Å². The van der Waals surface area contributed by atoms with E-state index in [0.717, 1.165) is 17.2 Å². The number of fused-ring (bicyclic) bond motifs is 1. The minimum Gasteiger partial charge on any atom is -0.328 e. The second-order valence-electron chi connectivity index (χ2n) is 2.55. The maximum absolute atomic E-state index is 4.24. The molecule has 0 aliphatic carbocycles. The van der Waals surface area contributed by atoms with Crippen molar-refractivity contribution in [3.63, 3.8) is 0 Å². The standard InChI is InChI=1S/C7H9N3/c1-5-3-10-4-6(2)9-7(10)8-5/h3-4H,1-2H3,(H,8,9). The van der Waals surface area contributed by atoms with Crippen molar-refractivity contribution in [3.05, 3.63) is 23.8 Å². The molecule has 0 aromatic carbocycles. The fraction of sp³-hybridized carbons (Fsp3) is 0.286. The van der Waals surface area contributed by atoms with E-state index < -0.39 is 0 Å². The molecule has 0 radical (unpaired) electrons. The van der Waals surface area contributed by atoms with Gasteiger partial charge in [0.2, 0.25) is 5.78 Å². The number of aryl methyl sites for hydroxylation is 2.